The zero-order valence-corrected chi connectivity index (χ0v) is 34.2. The summed E-state index contributed by atoms with van der Waals surface area (Å²) in [4.78, 5) is 102. The maximum atomic E-state index is 13.5. The van der Waals surface area contributed by atoms with E-state index in [-0.39, 0.29) is 85.8 Å². The summed E-state index contributed by atoms with van der Waals surface area (Å²) < 4.78 is 13.0. The molecule has 3 aliphatic rings. The van der Waals surface area contributed by atoms with Crippen molar-refractivity contribution >= 4 is 63.8 Å². The van der Waals surface area contributed by atoms with Gasteiger partial charge in [0.15, 0.2) is 6.61 Å². The van der Waals surface area contributed by atoms with Crippen molar-refractivity contribution in [2.24, 2.45) is 5.92 Å². The molecule has 0 bridgehead atoms. The summed E-state index contributed by atoms with van der Waals surface area (Å²) in [7, 11) is 0. The van der Waals surface area contributed by atoms with E-state index in [4.69, 9.17) is 16.0 Å². The van der Waals surface area contributed by atoms with Gasteiger partial charge in [0.2, 0.25) is 23.4 Å². The van der Waals surface area contributed by atoms with Gasteiger partial charge in [-0.15, -0.1) is 0 Å². The Morgan fingerprint density at radius 1 is 0.952 bits per heavy atom. The number of hydrogen-bond donors (Lipinski definition) is 5. The topological polar surface area (TPSA) is 236 Å². The minimum atomic E-state index is -1.12. The summed E-state index contributed by atoms with van der Waals surface area (Å²) in [5.74, 6) is -3.06. The van der Waals surface area contributed by atoms with Crippen LogP contribution in [0.1, 0.15) is 83.4 Å². The molecule has 1 unspecified atom stereocenters. The summed E-state index contributed by atoms with van der Waals surface area (Å²) in [6, 6.07) is 8.65. The zero-order valence-electron chi connectivity index (χ0n) is 34.2. The molecule has 1 atom stereocenters. The number of pyridine rings is 2. The summed E-state index contributed by atoms with van der Waals surface area (Å²) in [6.45, 7) is 11.6. The second-order valence-electron chi connectivity index (χ2n) is 15.5. The van der Waals surface area contributed by atoms with E-state index >= 15 is 0 Å². The molecule has 0 radical (unpaired) electrons. The van der Waals surface area contributed by atoms with Crippen LogP contribution in [0.3, 0.4) is 0 Å². The molecule has 0 spiro atoms. The van der Waals surface area contributed by atoms with Crippen LogP contribution in [0, 0.1) is 12.5 Å². The van der Waals surface area contributed by atoms with Crippen LogP contribution in [0.5, 0.6) is 5.75 Å². The SMILES string of the molecule is [C-]#[N+]c1cnc2c(ccn2-c2cc(NC(C)C)c(C(=O)NC3CCC(C(=O)NCCOCCNC(=O)COc4cccc5c4C(=O)N(C4CCC(=O)NC4=O)C5=O)CC3)cn2)c1. The molecule has 19 nitrogen and oxygen atoms in total. The van der Waals surface area contributed by atoms with E-state index in [0.717, 1.165) is 10.3 Å². The van der Waals surface area contributed by atoms with Gasteiger partial charge in [0.05, 0.1) is 42.2 Å². The fourth-order valence-corrected chi connectivity index (χ4v) is 7.76. The van der Waals surface area contributed by atoms with Gasteiger partial charge < -0.3 is 30.7 Å². The van der Waals surface area contributed by atoms with Gasteiger partial charge in [0.25, 0.3) is 23.6 Å². The lowest BCUT2D eigenvalue weighted by molar-refractivity contribution is -0.136. The molecular weight excluding hydrogens is 801 g/mol. The molecule has 322 valence electrons. The van der Waals surface area contributed by atoms with Crippen LogP contribution in [0.15, 0.2) is 55.0 Å². The standard InChI is InChI=1S/C43H46N10O9/c1-24(2)49-31-20-34(52-16-13-26-19-28(44-3)21-48-38(26)52)47-22-30(31)40(57)50-27-9-7-25(8-10-27)39(56)46-15-18-61-17-14-45-36(55)23-62-33-6-4-5-29-37(33)43(60)53(42(29)59)32-11-12-35(54)51-41(32)58/h4-6,13,16,19-22,24-25,27,32H,7-12,14-15,17-18,23H2,1-2H3,(H,45,55)(H,46,56)(H,47,49)(H,50,57)(H,51,54,58). The van der Waals surface area contributed by atoms with E-state index in [2.05, 4.69) is 41.4 Å². The van der Waals surface area contributed by atoms with Gasteiger partial charge in [0.1, 0.15) is 23.3 Å². The zero-order chi connectivity index (χ0) is 43.9. The molecule has 3 aromatic heterocycles. The molecular formula is C43H46N10O9. The Hall–Kier alpha value is -7.20. The number of hydrogen-bond acceptors (Lipinski definition) is 12. The average Bonchev–Trinajstić information content (AvgIpc) is 3.79. The van der Waals surface area contributed by atoms with E-state index in [1.165, 1.54) is 24.4 Å². The van der Waals surface area contributed by atoms with Crippen molar-refractivity contribution in [2.45, 2.75) is 70.5 Å². The number of nitrogens with zero attached hydrogens (tertiary/aromatic N) is 5. The first kappa shape index (κ1) is 42.9. The van der Waals surface area contributed by atoms with Crippen LogP contribution in [0.4, 0.5) is 11.4 Å². The first-order chi connectivity index (χ1) is 29.9. The Kier molecular flexibility index (Phi) is 13.2. The number of nitrogens with one attached hydrogen (secondary N) is 5. The number of aromatic nitrogens is 3. The minimum absolute atomic E-state index is 0.00607. The molecule has 4 aromatic rings. The van der Waals surface area contributed by atoms with Crippen LogP contribution in [0.25, 0.3) is 21.7 Å². The Labute approximate surface area is 356 Å². The molecule has 7 rings (SSSR count). The molecule has 1 saturated carbocycles. The van der Waals surface area contributed by atoms with Crippen LogP contribution < -0.4 is 31.3 Å². The predicted molar refractivity (Wildman–Crippen MR) is 223 cm³/mol. The number of ether oxygens (including phenoxy) is 2. The lowest BCUT2D eigenvalue weighted by Crippen LogP contribution is -2.54. The molecule has 2 fully saturated rings. The number of anilines is 1. The summed E-state index contributed by atoms with van der Waals surface area (Å²) in [5.41, 5.74) is 2.12. The first-order valence-electron chi connectivity index (χ1n) is 20.4. The normalized spacial score (nSPS) is 18.5. The minimum Gasteiger partial charge on any atom is -0.483 e. The highest BCUT2D eigenvalue weighted by molar-refractivity contribution is 6.24. The lowest BCUT2D eigenvalue weighted by Gasteiger charge is -2.28. The van der Waals surface area contributed by atoms with Gasteiger partial charge >= 0.3 is 0 Å². The maximum Gasteiger partial charge on any atom is 0.266 e. The number of imide groups is 2. The average molecular weight is 847 g/mol. The number of carbonyl (C=O) groups excluding carboxylic acids is 7. The Morgan fingerprint density at radius 3 is 2.47 bits per heavy atom. The summed E-state index contributed by atoms with van der Waals surface area (Å²) in [6.07, 6.45) is 7.39. The Balaban J connectivity index is 0.792. The third-order valence-corrected chi connectivity index (χ3v) is 10.8. The van der Waals surface area contributed by atoms with Gasteiger partial charge in [-0.2, -0.15) is 0 Å². The number of piperidine rings is 1. The van der Waals surface area contributed by atoms with E-state index in [0.29, 0.717) is 54.1 Å². The van der Waals surface area contributed by atoms with Crippen molar-refractivity contribution < 1.29 is 43.0 Å². The maximum absolute atomic E-state index is 13.5. The van der Waals surface area contributed by atoms with Crippen molar-refractivity contribution in [1.29, 1.82) is 0 Å². The van der Waals surface area contributed by atoms with Crippen molar-refractivity contribution in [3.63, 3.8) is 0 Å². The number of carbonyl (C=O) groups is 7. The predicted octanol–water partition coefficient (Wildman–Crippen LogP) is 2.81. The Morgan fingerprint density at radius 2 is 1.73 bits per heavy atom. The van der Waals surface area contributed by atoms with E-state index in [9.17, 15) is 33.6 Å². The highest BCUT2D eigenvalue weighted by Crippen LogP contribution is 2.34. The number of benzene rings is 1. The molecule has 62 heavy (non-hydrogen) atoms. The fourth-order valence-electron chi connectivity index (χ4n) is 7.76. The van der Waals surface area contributed by atoms with Crippen molar-refractivity contribution in [3.05, 3.63) is 83.1 Å². The molecule has 7 amide bonds. The van der Waals surface area contributed by atoms with E-state index in [1.54, 1.807) is 12.3 Å². The van der Waals surface area contributed by atoms with Gasteiger partial charge in [-0.25, -0.2) is 14.8 Å². The van der Waals surface area contributed by atoms with E-state index < -0.39 is 42.2 Å². The molecule has 1 saturated heterocycles. The number of fused-ring (bicyclic) bond motifs is 2. The molecule has 19 heteroatoms. The quantitative estimate of drug-likeness (QED) is 0.0622. The smallest absolute Gasteiger partial charge is 0.266 e. The third-order valence-electron chi connectivity index (χ3n) is 10.8. The summed E-state index contributed by atoms with van der Waals surface area (Å²) >= 11 is 0. The fraction of sp³-hybridized carbons (Fsp3) is 0.395. The second-order valence-corrected chi connectivity index (χ2v) is 15.5. The molecule has 2 aliphatic heterocycles. The van der Waals surface area contributed by atoms with Gasteiger partial charge in [-0.05, 0) is 70.2 Å². The van der Waals surface area contributed by atoms with Crippen molar-refractivity contribution in [2.75, 3.05) is 38.2 Å². The van der Waals surface area contributed by atoms with Gasteiger partial charge in [-0.1, -0.05) is 6.07 Å². The van der Waals surface area contributed by atoms with Crippen molar-refractivity contribution in [1.82, 2.24) is 40.7 Å². The van der Waals surface area contributed by atoms with Crippen molar-refractivity contribution in [3.8, 4) is 11.6 Å². The number of amides is 7. The molecule has 1 aliphatic carbocycles. The largest absolute Gasteiger partial charge is 0.483 e. The Bertz CT molecular complexity index is 2470. The molecule has 1 aromatic carbocycles. The molecule has 5 N–H and O–H groups in total. The van der Waals surface area contributed by atoms with E-state index in [1.807, 2.05) is 36.7 Å². The second kappa shape index (κ2) is 19.0. The monoisotopic (exact) mass is 846 g/mol. The van der Waals surface area contributed by atoms with Crippen LogP contribution in [0.2, 0.25) is 0 Å². The highest BCUT2D eigenvalue weighted by Gasteiger charge is 2.46. The lowest BCUT2D eigenvalue weighted by atomic mass is 9.85. The highest BCUT2D eigenvalue weighted by atomic mass is 16.5. The summed E-state index contributed by atoms with van der Waals surface area (Å²) in [5, 5.41) is 15.0. The molecule has 5 heterocycles. The van der Waals surface area contributed by atoms with Gasteiger partial charge in [-0.3, -0.25) is 48.3 Å². The van der Waals surface area contributed by atoms with Crippen LogP contribution in [-0.2, 0) is 23.9 Å². The van der Waals surface area contributed by atoms with Crippen LogP contribution >= 0.6 is 0 Å². The third kappa shape index (κ3) is 9.55. The van der Waals surface area contributed by atoms with Crippen LogP contribution in [-0.4, -0.2) is 112 Å². The number of rotatable bonds is 16. The van der Waals surface area contributed by atoms with Gasteiger partial charge in [0, 0.05) is 67.6 Å². The first-order valence-corrected chi connectivity index (χ1v) is 20.4.